The molecule has 0 aromatic heterocycles. The van der Waals surface area contributed by atoms with Crippen LogP contribution in [-0.4, -0.2) is 11.9 Å². The van der Waals surface area contributed by atoms with Crippen molar-refractivity contribution in [3.63, 3.8) is 0 Å². The van der Waals surface area contributed by atoms with Crippen molar-refractivity contribution in [2.24, 2.45) is 0 Å². The molecule has 190 valence electrons. The number of hydrogen-bond acceptors (Lipinski definition) is 3. The van der Waals surface area contributed by atoms with Gasteiger partial charge in [-0.1, -0.05) is 149 Å². The van der Waals surface area contributed by atoms with E-state index in [0.717, 1.165) is 25.7 Å². The van der Waals surface area contributed by atoms with Crippen LogP contribution in [0.4, 0.5) is 0 Å². The largest absolute Gasteiger partial charge is 0.393 e. The SMILES string of the molecule is CCCCCCCCCCCCCCCCCC(=O)OC(=O)CCCCCCCCCC. The van der Waals surface area contributed by atoms with E-state index in [1.165, 1.54) is 122 Å². The molecule has 0 aliphatic carbocycles. The monoisotopic (exact) mass is 452 g/mol. The number of ether oxygens (including phenoxy) is 1. The van der Waals surface area contributed by atoms with E-state index < -0.39 is 0 Å². The van der Waals surface area contributed by atoms with E-state index >= 15 is 0 Å². The third-order valence-electron chi connectivity index (χ3n) is 6.45. The van der Waals surface area contributed by atoms with Gasteiger partial charge in [0.25, 0.3) is 0 Å². The van der Waals surface area contributed by atoms with Gasteiger partial charge < -0.3 is 4.74 Å². The molecule has 0 aliphatic rings. The van der Waals surface area contributed by atoms with Crippen LogP contribution in [0.15, 0.2) is 0 Å². The van der Waals surface area contributed by atoms with Gasteiger partial charge >= 0.3 is 11.9 Å². The molecule has 0 saturated heterocycles. The molecule has 0 spiro atoms. The molecule has 0 atom stereocenters. The lowest BCUT2D eigenvalue weighted by molar-refractivity contribution is -0.159. The molecule has 0 rings (SSSR count). The summed E-state index contributed by atoms with van der Waals surface area (Å²) in [6.07, 6.45) is 30.0. The zero-order chi connectivity index (χ0) is 23.5. The van der Waals surface area contributed by atoms with Crippen LogP contribution in [0.25, 0.3) is 0 Å². The number of carbonyl (C=O) groups excluding carboxylic acids is 2. The molecular formula is C29H56O3. The van der Waals surface area contributed by atoms with Gasteiger partial charge in [-0.15, -0.1) is 0 Å². The van der Waals surface area contributed by atoms with E-state index in [2.05, 4.69) is 13.8 Å². The highest BCUT2D eigenvalue weighted by molar-refractivity contribution is 5.85. The Kier molecular flexibility index (Phi) is 25.7. The van der Waals surface area contributed by atoms with Crippen LogP contribution in [-0.2, 0) is 14.3 Å². The predicted octanol–water partition coefficient (Wildman–Crippen LogP) is 9.85. The normalized spacial score (nSPS) is 11.1. The highest BCUT2D eigenvalue weighted by Crippen LogP contribution is 2.14. The third kappa shape index (κ3) is 25.4. The van der Waals surface area contributed by atoms with Gasteiger partial charge in [0.05, 0.1) is 0 Å². The summed E-state index contributed by atoms with van der Waals surface area (Å²) >= 11 is 0. The first kappa shape index (κ1) is 31.1. The summed E-state index contributed by atoms with van der Waals surface area (Å²) in [5, 5.41) is 0. The van der Waals surface area contributed by atoms with Gasteiger partial charge in [0.15, 0.2) is 0 Å². The van der Waals surface area contributed by atoms with Crippen molar-refractivity contribution >= 4 is 11.9 Å². The Morgan fingerprint density at radius 1 is 0.375 bits per heavy atom. The van der Waals surface area contributed by atoms with Crippen molar-refractivity contribution in [3.8, 4) is 0 Å². The molecule has 0 amide bonds. The Hall–Kier alpha value is -0.860. The van der Waals surface area contributed by atoms with Gasteiger partial charge in [-0.25, -0.2) is 0 Å². The molecular weight excluding hydrogens is 396 g/mol. The molecule has 0 aromatic rings. The second-order valence-electron chi connectivity index (χ2n) is 9.77. The van der Waals surface area contributed by atoms with Gasteiger partial charge in [-0.3, -0.25) is 9.59 Å². The molecule has 0 fully saturated rings. The van der Waals surface area contributed by atoms with E-state index in [1.54, 1.807) is 0 Å². The highest BCUT2D eigenvalue weighted by atomic mass is 16.6. The molecule has 0 radical (unpaired) electrons. The van der Waals surface area contributed by atoms with Crippen LogP contribution < -0.4 is 0 Å². The van der Waals surface area contributed by atoms with Crippen LogP contribution >= 0.6 is 0 Å². The molecule has 0 unspecified atom stereocenters. The van der Waals surface area contributed by atoms with Crippen molar-refractivity contribution < 1.29 is 14.3 Å². The van der Waals surface area contributed by atoms with Crippen molar-refractivity contribution in [1.82, 2.24) is 0 Å². The molecule has 3 heteroatoms. The minimum absolute atomic E-state index is 0.329. The van der Waals surface area contributed by atoms with Gasteiger partial charge in [0.1, 0.15) is 0 Å². The summed E-state index contributed by atoms with van der Waals surface area (Å²) in [5.74, 6) is -0.661. The first-order valence-electron chi connectivity index (χ1n) is 14.4. The van der Waals surface area contributed by atoms with Crippen LogP contribution in [0.1, 0.15) is 174 Å². The summed E-state index contributed by atoms with van der Waals surface area (Å²) in [4.78, 5) is 23.5. The Morgan fingerprint density at radius 2 is 0.594 bits per heavy atom. The van der Waals surface area contributed by atoms with E-state index in [4.69, 9.17) is 4.74 Å². The van der Waals surface area contributed by atoms with Crippen molar-refractivity contribution in [3.05, 3.63) is 0 Å². The van der Waals surface area contributed by atoms with Crippen molar-refractivity contribution in [2.75, 3.05) is 0 Å². The van der Waals surface area contributed by atoms with Crippen LogP contribution in [0.5, 0.6) is 0 Å². The van der Waals surface area contributed by atoms with Crippen molar-refractivity contribution in [2.45, 2.75) is 174 Å². The summed E-state index contributed by atoms with van der Waals surface area (Å²) < 4.78 is 4.95. The Bertz CT molecular complexity index is 405. The first-order valence-corrected chi connectivity index (χ1v) is 14.4. The number of esters is 2. The fourth-order valence-corrected chi connectivity index (χ4v) is 4.27. The van der Waals surface area contributed by atoms with Gasteiger partial charge in [0.2, 0.25) is 0 Å². The fraction of sp³-hybridized carbons (Fsp3) is 0.931. The van der Waals surface area contributed by atoms with Gasteiger partial charge in [-0.05, 0) is 12.8 Å². The number of rotatable bonds is 25. The minimum Gasteiger partial charge on any atom is -0.393 e. The summed E-state index contributed by atoms with van der Waals surface area (Å²) in [6.45, 7) is 4.50. The Morgan fingerprint density at radius 3 is 0.844 bits per heavy atom. The Balaban J connectivity index is 3.28. The zero-order valence-corrected chi connectivity index (χ0v) is 21.9. The maximum Gasteiger partial charge on any atom is 0.313 e. The maximum atomic E-state index is 11.8. The Labute approximate surface area is 200 Å². The highest BCUT2D eigenvalue weighted by Gasteiger charge is 2.09. The number of unbranched alkanes of at least 4 members (excludes halogenated alkanes) is 21. The van der Waals surface area contributed by atoms with Gasteiger partial charge in [0, 0.05) is 12.8 Å². The first-order chi connectivity index (χ1) is 15.7. The van der Waals surface area contributed by atoms with E-state index in [9.17, 15) is 9.59 Å². The van der Waals surface area contributed by atoms with Gasteiger partial charge in [-0.2, -0.15) is 0 Å². The summed E-state index contributed by atoms with van der Waals surface area (Å²) in [6, 6.07) is 0. The minimum atomic E-state index is -0.332. The lowest BCUT2D eigenvalue weighted by atomic mass is 10.0. The second kappa shape index (κ2) is 26.4. The molecule has 32 heavy (non-hydrogen) atoms. The average molecular weight is 453 g/mol. The summed E-state index contributed by atoms with van der Waals surface area (Å²) in [5.41, 5.74) is 0. The van der Waals surface area contributed by atoms with Crippen LogP contribution in [0.3, 0.4) is 0 Å². The van der Waals surface area contributed by atoms with Crippen LogP contribution in [0, 0.1) is 0 Å². The average Bonchev–Trinajstić information content (AvgIpc) is 2.78. The van der Waals surface area contributed by atoms with E-state index in [-0.39, 0.29) is 11.9 Å². The quantitative estimate of drug-likeness (QED) is 0.0786. The lowest BCUT2D eigenvalue weighted by Gasteiger charge is -2.05. The topological polar surface area (TPSA) is 43.4 Å². The van der Waals surface area contributed by atoms with E-state index in [1.807, 2.05) is 0 Å². The maximum absolute atomic E-state index is 11.8. The standard InChI is InChI=1S/C29H56O3/c1-3-5-7-9-11-13-14-15-16-17-18-19-21-23-25-27-29(31)32-28(30)26-24-22-20-12-10-8-6-4-2/h3-27H2,1-2H3. The van der Waals surface area contributed by atoms with E-state index in [0.29, 0.717) is 12.8 Å². The smallest absolute Gasteiger partial charge is 0.313 e. The predicted molar refractivity (Wildman–Crippen MR) is 138 cm³/mol. The number of carbonyl (C=O) groups is 2. The molecule has 0 aliphatic heterocycles. The zero-order valence-electron chi connectivity index (χ0n) is 21.9. The third-order valence-corrected chi connectivity index (χ3v) is 6.45. The molecule has 0 heterocycles. The van der Waals surface area contributed by atoms with Crippen LogP contribution in [0.2, 0.25) is 0 Å². The molecule has 0 N–H and O–H groups in total. The molecule has 3 nitrogen and oxygen atoms in total. The molecule has 0 saturated carbocycles. The second-order valence-corrected chi connectivity index (χ2v) is 9.77. The molecule has 0 bridgehead atoms. The summed E-state index contributed by atoms with van der Waals surface area (Å²) in [7, 11) is 0. The number of hydrogen-bond donors (Lipinski definition) is 0. The fourth-order valence-electron chi connectivity index (χ4n) is 4.27. The lowest BCUT2D eigenvalue weighted by Crippen LogP contribution is -2.11. The van der Waals surface area contributed by atoms with Crippen molar-refractivity contribution in [1.29, 1.82) is 0 Å². The molecule has 0 aromatic carbocycles.